The summed E-state index contributed by atoms with van der Waals surface area (Å²) in [6.45, 7) is 4.64. The molecule has 0 bridgehead atoms. The molecule has 3 N–H and O–H groups in total. The number of benzene rings is 1. The van der Waals surface area contributed by atoms with Crippen LogP contribution in [0.2, 0.25) is 0 Å². The first kappa shape index (κ1) is 28.4. The number of aliphatic hydroxyl groups is 1. The van der Waals surface area contributed by atoms with Gasteiger partial charge in [0.15, 0.2) is 5.60 Å². The van der Waals surface area contributed by atoms with Gasteiger partial charge in [-0.05, 0) is 68.9 Å². The van der Waals surface area contributed by atoms with Crippen molar-refractivity contribution in [1.29, 1.82) is 0 Å². The molecule has 1 heterocycles. The predicted molar refractivity (Wildman–Crippen MR) is 132 cm³/mol. The van der Waals surface area contributed by atoms with Crippen LogP contribution in [-0.4, -0.2) is 51.9 Å². The Morgan fingerprint density at radius 2 is 1.81 bits per heavy atom. The topological polar surface area (TPSA) is 106 Å². The molecular formula is C27H34F3N3O4. The van der Waals surface area contributed by atoms with E-state index in [1.807, 2.05) is 30.9 Å². The van der Waals surface area contributed by atoms with Gasteiger partial charge in [0.05, 0.1) is 0 Å². The van der Waals surface area contributed by atoms with E-state index in [1.165, 1.54) is 12.1 Å². The third kappa shape index (κ3) is 6.60. The summed E-state index contributed by atoms with van der Waals surface area (Å²) in [5, 5.41) is 9.94. The lowest BCUT2D eigenvalue weighted by Crippen LogP contribution is -2.43. The van der Waals surface area contributed by atoms with Crippen molar-refractivity contribution in [2.75, 3.05) is 6.61 Å². The third-order valence-electron chi connectivity index (χ3n) is 7.13. The van der Waals surface area contributed by atoms with E-state index in [1.54, 1.807) is 12.3 Å². The van der Waals surface area contributed by atoms with Gasteiger partial charge in [-0.3, -0.25) is 9.78 Å². The van der Waals surface area contributed by atoms with E-state index in [4.69, 9.17) is 10.5 Å². The zero-order valence-electron chi connectivity index (χ0n) is 21.3. The highest BCUT2D eigenvalue weighted by atomic mass is 19.4. The number of ether oxygens (including phenoxy) is 1. The van der Waals surface area contributed by atoms with Gasteiger partial charge < -0.3 is 20.5 Å². The Hall–Kier alpha value is -3.14. The summed E-state index contributed by atoms with van der Waals surface area (Å²) < 4.78 is 44.8. The van der Waals surface area contributed by atoms with E-state index in [-0.39, 0.29) is 35.7 Å². The van der Waals surface area contributed by atoms with Gasteiger partial charge in [0, 0.05) is 35.0 Å². The molecule has 1 saturated carbocycles. The predicted octanol–water partition coefficient (Wildman–Crippen LogP) is 5.07. The minimum atomic E-state index is -4.84. The van der Waals surface area contributed by atoms with Crippen LogP contribution in [-0.2, 0) is 15.8 Å². The third-order valence-corrected chi connectivity index (χ3v) is 7.13. The number of amides is 2. The van der Waals surface area contributed by atoms with Crippen LogP contribution in [0, 0.1) is 0 Å². The maximum atomic E-state index is 13.5. The molecular weight excluding hydrogens is 487 g/mol. The molecule has 0 radical (unpaired) electrons. The Morgan fingerprint density at radius 1 is 1.16 bits per heavy atom. The van der Waals surface area contributed by atoms with E-state index in [0.717, 1.165) is 30.7 Å². The van der Waals surface area contributed by atoms with Gasteiger partial charge in [-0.15, -0.1) is 0 Å². The molecule has 3 rings (SSSR count). The van der Waals surface area contributed by atoms with Crippen LogP contribution in [0.5, 0.6) is 0 Å². The first-order chi connectivity index (χ1) is 17.3. The number of hydrogen-bond donors (Lipinski definition) is 2. The molecule has 202 valence electrons. The number of nitrogens with two attached hydrogens (primary N) is 1. The molecule has 7 nitrogen and oxygen atoms in total. The zero-order chi connectivity index (χ0) is 27.4. The van der Waals surface area contributed by atoms with Crippen molar-refractivity contribution >= 4 is 12.0 Å². The minimum absolute atomic E-state index is 0.0355. The molecule has 1 aromatic heterocycles. The number of rotatable bonds is 11. The molecule has 0 aliphatic heterocycles. The van der Waals surface area contributed by atoms with Crippen LogP contribution in [0.15, 0.2) is 48.7 Å². The van der Waals surface area contributed by atoms with Crippen LogP contribution in [0.4, 0.5) is 18.0 Å². The van der Waals surface area contributed by atoms with Crippen LogP contribution in [0.25, 0.3) is 0 Å². The number of nitrogens with zero attached hydrogens (tertiary/aromatic N) is 2. The van der Waals surface area contributed by atoms with Gasteiger partial charge in [0.2, 0.25) is 0 Å². The number of hydrogen-bond acceptors (Lipinski definition) is 5. The number of carbonyl (C=O) groups excluding carboxylic acids is 2. The van der Waals surface area contributed by atoms with E-state index in [0.29, 0.717) is 26.2 Å². The molecule has 1 aromatic carbocycles. The van der Waals surface area contributed by atoms with Crippen LogP contribution in [0.3, 0.4) is 0 Å². The summed E-state index contributed by atoms with van der Waals surface area (Å²) in [5.74, 6) is -0.263. The number of primary amides is 1. The first-order valence-corrected chi connectivity index (χ1v) is 12.4. The van der Waals surface area contributed by atoms with Crippen LogP contribution in [0.1, 0.15) is 74.5 Å². The minimum Gasteiger partial charge on any atom is -0.449 e. The van der Waals surface area contributed by atoms with E-state index in [9.17, 15) is 27.9 Å². The van der Waals surface area contributed by atoms with Gasteiger partial charge in [-0.2, -0.15) is 13.2 Å². The summed E-state index contributed by atoms with van der Waals surface area (Å²) >= 11 is 0. The molecule has 0 saturated heterocycles. The maximum Gasteiger partial charge on any atom is 0.421 e. The molecule has 10 heteroatoms. The first-order valence-electron chi connectivity index (χ1n) is 12.4. The number of carbonyl (C=O) groups is 2. The Morgan fingerprint density at radius 3 is 2.30 bits per heavy atom. The zero-order valence-corrected chi connectivity index (χ0v) is 21.3. The molecule has 3 atom stereocenters. The molecule has 2 amide bonds. The Bertz CT molecular complexity index is 1070. The average molecular weight is 522 g/mol. The van der Waals surface area contributed by atoms with Crippen molar-refractivity contribution < 1.29 is 32.6 Å². The molecule has 2 aromatic rings. The summed E-state index contributed by atoms with van der Waals surface area (Å²) in [6, 6.07) is 10.4. The Kier molecular flexibility index (Phi) is 8.52. The molecule has 1 unspecified atom stereocenters. The summed E-state index contributed by atoms with van der Waals surface area (Å²) in [4.78, 5) is 31.1. The fraction of sp³-hybridized carbons (Fsp3) is 0.519. The Labute approximate surface area is 214 Å². The van der Waals surface area contributed by atoms with E-state index in [2.05, 4.69) is 4.98 Å². The second-order valence-electron chi connectivity index (χ2n) is 10.1. The van der Waals surface area contributed by atoms with Crippen molar-refractivity contribution in [2.45, 2.75) is 82.2 Å². The molecule has 1 aliphatic carbocycles. The number of aromatic nitrogens is 1. The average Bonchev–Trinajstić information content (AvgIpc) is 3.70. The van der Waals surface area contributed by atoms with Crippen LogP contribution < -0.4 is 5.73 Å². The standard InChI is InChI=1S/C27H34F3N3O4/c1-4-20(14-15-25(2,17-37-24(31)35)22-7-5-6-16-32-22)33(21-12-13-21)23(34)18-8-10-19(11-9-18)26(3,36)27(28,29)30/h5-11,16,20-21,36H,4,12-15,17H2,1-3H3,(H2,31,35)/t20?,25-,26+/m1/s1. The lowest BCUT2D eigenvalue weighted by atomic mass is 9.80. The summed E-state index contributed by atoms with van der Waals surface area (Å²) in [6.07, 6.45) is -0.542. The smallest absolute Gasteiger partial charge is 0.421 e. The lowest BCUT2D eigenvalue weighted by molar-refractivity contribution is -0.258. The number of halogens is 3. The van der Waals surface area contributed by atoms with Crippen LogP contribution >= 0.6 is 0 Å². The van der Waals surface area contributed by atoms with Crippen molar-refractivity contribution in [3.63, 3.8) is 0 Å². The largest absolute Gasteiger partial charge is 0.449 e. The SMILES string of the molecule is CCC(CC[C@](C)(COC(N)=O)c1ccccn1)N(C(=O)c1ccc([C@](C)(O)C(F)(F)F)cc1)C1CC1. The van der Waals surface area contributed by atoms with Gasteiger partial charge in [-0.25, -0.2) is 4.79 Å². The maximum absolute atomic E-state index is 13.5. The van der Waals surface area contributed by atoms with Crippen molar-refractivity contribution in [3.8, 4) is 0 Å². The second-order valence-corrected chi connectivity index (χ2v) is 10.1. The summed E-state index contributed by atoms with van der Waals surface area (Å²) in [5.41, 5.74) is 2.23. The molecule has 0 spiro atoms. The van der Waals surface area contributed by atoms with Gasteiger partial charge in [0.25, 0.3) is 5.91 Å². The second kappa shape index (κ2) is 11.1. The fourth-order valence-electron chi connectivity index (χ4n) is 4.48. The monoisotopic (exact) mass is 521 g/mol. The number of pyridine rings is 1. The fourth-order valence-corrected chi connectivity index (χ4v) is 4.48. The highest BCUT2D eigenvalue weighted by molar-refractivity contribution is 5.95. The van der Waals surface area contributed by atoms with Gasteiger partial charge >= 0.3 is 12.3 Å². The van der Waals surface area contributed by atoms with Gasteiger partial charge in [-0.1, -0.05) is 32.0 Å². The van der Waals surface area contributed by atoms with E-state index < -0.39 is 23.3 Å². The molecule has 1 fully saturated rings. The molecule has 37 heavy (non-hydrogen) atoms. The summed E-state index contributed by atoms with van der Waals surface area (Å²) in [7, 11) is 0. The quantitative estimate of drug-likeness (QED) is 0.430. The molecule has 1 aliphatic rings. The normalized spacial score (nSPS) is 17.8. The van der Waals surface area contributed by atoms with Crippen molar-refractivity contribution in [1.82, 2.24) is 9.88 Å². The van der Waals surface area contributed by atoms with Gasteiger partial charge in [0.1, 0.15) is 6.61 Å². The van der Waals surface area contributed by atoms with E-state index >= 15 is 0 Å². The van der Waals surface area contributed by atoms with Crippen molar-refractivity contribution in [3.05, 3.63) is 65.5 Å². The highest BCUT2D eigenvalue weighted by Crippen LogP contribution is 2.39. The highest BCUT2D eigenvalue weighted by Gasteiger charge is 2.51. The lowest BCUT2D eigenvalue weighted by Gasteiger charge is -2.35. The Balaban J connectivity index is 1.80. The van der Waals surface area contributed by atoms with Crippen molar-refractivity contribution in [2.24, 2.45) is 5.73 Å². The number of alkyl halides is 3.